The van der Waals surface area contributed by atoms with Gasteiger partial charge in [0.05, 0.1) is 0 Å². The summed E-state index contributed by atoms with van der Waals surface area (Å²) in [5.74, 6) is -1.37. The van der Waals surface area contributed by atoms with Gasteiger partial charge in [-0.3, -0.25) is 9.59 Å². The van der Waals surface area contributed by atoms with Crippen LogP contribution in [0.15, 0.2) is 53.0 Å². The molecule has 0 unspecified atom stereocenters. The van der Waals surface area contributed by atoms with Crippen LogP contribution in [0, 0.1) is 5.82 Å². The molecule has 120 valence electrons. The van der Waals surface area contributed by atoms with Gasteiger partial charge in [-0.05, 0) is 29.7 Å². The zero-order valence-corrected chi connectivity index (χ0v) is 13.8. The molecule has 0 bridgehead atoms. The monoisotopic (exact) mass is 378 g/mol. The Morgan fingerprint density at radius 1 is 1.17 bits per heavy atom. The van der Waals surface area contributed by atoms with E-state index in [9.17, 15) is 14.0 Å². The fourth-order valence-corrected chi connectivity index (χ4v) is 2.50. The molecule has 2 aromatic carbocycles. The van der Waals surface area contributed by atoms with Gasteiger partial charge in [-0.1, -0.05) is 52.3 Å². The molecular formula is C17H16BrFN2O2. The van der Waals surface area contributed by atoms with Crippen molar-refractivity contribution in [3.8, 4) is 0 Å². The minimum Gasteiger partial charge on any atom is -0.368 e. The number of halogens is 2. The van der Waals surface area contributed by atoms with Gasteiger partial charge in [-0.25, -0.2) is 4.39 Å². The summed E-state index contributed by atoms with van der Waals surface area (Å²) in [4.78, 5) is 23.6. The first-order valence-electron chi connectivity index (χ1n) is 7.05. The lowest BCUT2D eigenvalue weighted by Crippen LogP contribution is -2.37. The summed E-state index contributed by atoms with van der Waals surface area (Å²) in [6.45, 7) is 0. The molecule has 2 rings (SSSR count). The molecule has 6 heteroatoms. The number of hydrogen-bond acceptors (Lipinski definition) is 2. The molecule has 1 atom stereocenters. The summed E-state index contributed by atoms with van der Waals surface area (Å²) in [6.07, 6.45) is 0.306. The Hall–Kier alpha value is -2.21. The molecule has 0 aliphatic carbocycles. The number of rotatable bonds is 6. The summed E-state index contributed by atoms with van der Waals surface area (Å²) in [6, 6.07) is 12.5. The van der Waals surface area contributed by atoms with E-state index in [4.69, 9.17) is 5.73 Å². The zero-order chi connectivity index (χ0) is 16.8. The highest BCUT2D eigenvalue weighted by molar-refractivity contribution is 9.10. The fraction of sp³-hybridized carbons (Fsp3) is 0.176. The van der Waals surface area contributed by atoms with Crippen LogP contribution in [0.1, 0.15) is 23.6 Å². The third-order valence-electron chi connectivity index (χ3n) is 3.36. The molecule has 0 spiro atoms. The maximum absolute atomic E-state index is 13.7. The Labute approximate surface area is 142 Å². The summed E-state index contributed by atoms with van der Waals surface area (Å²) in [5.41, 5.74) is 6.40. The Morgan fingerprint density at radius 2 is 1.87 bits per heavy atom. The number of aryl methyl sites for hydroxylation is 1. The van der Waals surface area contributed by atoms with Crippen molar-refractivity contribution in [1.29, 1.82) is 0 Å². The molecule has 23 heavy (non-hydrogen) atoms. The minimum absolute atomic E-state index is 0.0646. The predicted octanol–water partition coefficient (Wildman–Crippen LogP) is 2.86. The Morgan fingerprint density at radius 3 is 2.48 bits per heavy atom. The van der Waals surface area contributed by atoms with Crippen molar-refractivity contribution in [3.05, 3.63) is 69.9 Å². The molecule has 0 aliphatic heterocycles. The Bertz CT molecular complexity index is 707. The van der Waals surface area contributed by atoms with Crippen molar-refractivity contribution in [1.82, 2.24) is 5.32 Å². The van der Waals surface area contributed by atoms with Crippen LogP contribution in [0.25, 0.3) is 0 Å². The number of nitrogens with one attached hydrogen (secondary N) is 1. The van der Waals surface area contributed by atoms with Crippen LogP contribution in [0.2, 0.25) is 0 Å². The van der Waals surface area contributed by atoms with E-state index in [1.807, 2.05) is 0 Å². The van der Waals surface area contributed by atoms with Crippen molar-refractivity contribution in [3.63, 3.8) is 0 Å². The second-order valence-electron chi connectivity index (χ2n) is 5.05. The Balaban J connectivity index is 1.98. The van der Waals surface area contributed by atoms with Crippen molar-refractivity contribution in [2.75, 3.05) is 0 Å². The molecule has 0 saturated carbocycles. The number of benzene rings is 2. The van der Waals surface area contributed by atoms with Gasteiger partial charge in [0.25, 0.3) is 0 Å². The molecule has 0 aliphatic rings. The third-order valence-corrected chi connectivity index (χ3v) is 3.85. The van der Waals surface area contributed by atoms with E-state index in [2.05, 4.69) is 21.2 Å². The smallest absolute Gasteiger partial charge is 0.244 e. The van der Waals surface area contributed by atoms with Gasteiger partial charge in [-0.15, -0.1) is 0 Å². The van der Waals surface area contributed by atoms with E-state index in [0.717, 1.165) is 0 Å². The third kappa shape index (κ3) is 4.89. The van der Waals surface area contributed by atoms with Gasteiger partial charge in [0.1, 0.15) is 11.9 Å². The van der Waals surface area contributed by atoms with Crippen molar-refractivity contribution >= 4 is 27.7 Å². The van der Waals surface area contributed by atoms with Crippen LogP contribution in [-0.2, 0) is 16.0 Å². The summed E-state index contributed by atoms with van der Waals surface area (Å²) < 4.78 is 14.4. The molecule has 0 heterocycles. The zero-order valence-electron chi connectivity index (χ0n) is 12.3. The number of hydrogen-bond donors (Lipinski definition) is 2. The first-order chi connectivity index (χ1) is 11.0. The average molecular weight is 379 g/mol. The van der Waals surface area contributed by atoms with Gasteiger partial charge >= 0.3 is 0 Å². The minimum atomic E-state index is -0.890. The van der Waals surface area contributed by atoms with Crippen molar-refractivity contribution < 1.29 is 14.0 Å². The molecule has 2 amide bonds. The lowest BCUT2D eigenvalue weighted by Gasteiger charge is -2.16. The normalized spacial score (nSPS) is 11.7. The van der Waals surface area contributed by atoms with E-state index in [-0.39, 0.29) is 24.6 Å². The van der Waals surface area contributed by atoms with Crippen molar-refractivity contribution in [2.24, 2.45) is 5.73 Å². The second kappa shape index (κ2) is 7.87. The van der Waals surface area contributed by atoms with Crippen LogP contribution in [0.5, 0.6) is 0 Å². The van der Waals surface area contributed by atoms with Gasteiger partial charge in [0.2, 0.25) is 11.8 Å². The van der Waals surface area contributed by atoms with Gasteiger partial charge < -0.3 is 11.1 Å². The first kappa shape index (κ1) is 17.1. The summed E-state index contributed by atoms with van der Waals surface area (Å²) >= 11 is 3.18. The standard InChI is InChI=1S/C17H16BrFN2O2/c18-13-8-6-11(14(19)10-13)7-9-15(22)21-16(17(20)23)12-4-2-1-3-5-12/h1-6,8,10,16H,7,9H2,(H2,20,23)(H,21,22)/t16-/m1/s1. The molecule has 0 aromatic heterocycles. The summed E-state index contributed by atoms with van der Waals surface area (Å²) in [7, 11) is 0. The molecule has 0 fully saturated rings. The van der Waals surface area contributed by atoms with E-state index < -0.39 is 11.9 Å². The first-order valence-corrected chi connectivity index (χ1v) is 7.84. The van der Waals surface area contributed by atoms with Crippen molar-refractivity contribution in [2.45, 2.75) is 18.9 Å². The topological polar surface area (TPSA) is 72.2 Å². The quantitative estimate of drug-likeness (QED) is 0.810. The van der Waals surface area contributed by atoms with Crippen LogP contribution >= 0.6 is 15.9 Å². The lowest BCUT2D eigenvalue weighted by atomic mass is 10.1. The number of nitrogens with two attached hydrogens (primary N) is 1. The Kier molecular flexibility index (Phi) is 5.87. The van der Waals surface area contributed by atoms with Crippen LogP contribution in [0.4, 0.5) is 4.39 Å². The van der Waals surface area contributed by atoms with Crippen LogP contribution in [-0.4, -0.2) is 11.8 Å². The van der Waals surface area contributed by atoms with E-state index in [0.29, 0.717) is 15.6 Å². The van der Waals surface area contributed by atoms with Gasteiger partial charge in [0.15, 0.2) is 0 Å². The molecular weight excluding hydrogens is 363 g/mol. The predicted molar refractivity (Wildman–Crippen MR) is 88.9 cm³/mol. The average Bonchev–Trinajstić information content (AvgIpc) is 2.52. The maximum Gasteiger partial charge on any atom is 0.244 e. The van der Waals surface area contributed by atoms with Gasteiger partial charge in [0, 0.05) is 10.9 Å². The number of carbonyl (C=O) groups excluding carboxylic acids is 2. The summed E-state index contributed by atoms with van der Waals surface area (Å²) in [5, 5.41) is 2.59. The highest BCUT2D eigenvalue weighted by Gasteiger charge is 2.19. The highest BCUT2D eigenvalue weighted by atomic mass is 79.9. The SMILES string of the molecule is NC(=O)[C@H](NC(=O)CCc1ccc(Br)cc1F)c1ccccc1. The van der Waals surface area contributed by atoms with Crippen LogP contribution < -0.4 is 11.1 Å². The fourth-order valence-electron chi connectivity index (χ4n) is 2.17. The number of amides is 2. The van der Waals surface area contributed by atoms with Crippen LogP contribution in [0.3, 0.4) is 0 Å². The largest absolute Gasteiger partial charge is 0.368 e. The number of primary amides is 1. The second-order valence-corrected chi connectivity index (χ2v) is 5.96. The maximum atomic E-state index is 13.7. The molecule has 2 aromatic rings. The van der Waals surface area contributed by atoms with Gasteiger partial charge in [-0.2, -0.15) is 0 Å². The molecule has 0 saturated heterocycles. The highest BCUT2D eigenvalue weighted by Crippen LogP contribution is 2.17. The molecule has 3 N–H and O–H groups in total. The lowest BCUT2D eigenvalue weighted by molar-refractivity contribution is -0.127. The molecule has 4 nitrogen and oxygen atoms in total. The van der Waals surface area contributed by atoms with E-state index >= 15 is 0 Å². The van der Waals surface area contributed by atoms with E-state index in [1.165, 1.54) is 6.07 Å². The number of carbonyl (C=O) groups is 2. The molecule has 0 radical (unpaired) electrons. The van der Waals surface area contributed by atoms with E-state index in [1.54, 1.807) is 42.5 Å².